The molecule has 0 saturated carbocycles. The summed E-state index contributed by atoms with van der Waals surface area (Å²) in [5.41, 5.74) is 5.26. The number of hydrogen-bond donors (Lipinski definition) is 3. The predicted octanol–water partition coefficient (Wildman–Crippen LogP) is 0.158. The molecule has 0 aliphatic carbocycles. The number of carbonyl (C=O) groups excluding carboxylic acids is 3. The highest BCUT2D eigenvalue weighted by atomic mass is 16.2. The van der Waals surface area contributed by atoms with E-state index in [-0.39, 0.29) is 11.6 Å². The summed E-state index contributed by atoms with van der Waals surface area (Å²) in [5.74, 6) is -2.33. The number of nitrogens with one attached hydrogen (secondary N) is 3. The van der Waals surface area contributed by atoms with Crippen LogP contribution in [0.5, 0.6) is 0 Å². The molecule has 0 bridgehead atoms. The van der Waals surface area contributed by atoms with Gasteiger partial charge in [-0.25, -0.2) is 4.68 Å². The minimum atomic E-state index is -0.942. The second-order valence-corrected chi connectivity index (χ2v) is 5.05. The molecule has 1 aromatic heterocycles. The van der Waals surface area contributed by atoms with Crippen molar-refractivity contribution in [3.05, 3.63) is 48.3 Å². The van der Waals surface area contributed by atoms with Gasteiger partial charge in [-0.1, -0.05) is 18.2 Å². The number of hydrazine groups is 1. The van der Waals surface area contributed by atoms with Crippen LogP contribution in [0.1, 0.15) is 24.2 Å². The number of rotatable bonds is 3. The van der Waals surface area contributed by atoms with Crippen molar-refractivity contribution >= 4 is 17.7 Å². The maximum Gasteiger partial charge on any atom is 0.327 e. The van der Waals surface area contributed by atoms with Gasteiger partial charge in [0.1, 0.15) is 0 Å². The van der Waals surface area contributed by atoms with E-state index in [4.69, 9.17) is 0 Å². The lowest BCUT2D eigenvalue weighted by atomic mass is 10.3. The Balaban J connectivity index is 1.93. The molecule has 0 atom stereocenters. The highest BCUT2D eigenvalue weighted by Crippen LogP contribution is 2.07. The summed E-state index contributed by atoms with van der Waals surface area (Å²) < 4.78 is 1.53. The van der Waals surface area contributed by atoms with Crippen LogP contribution < -0.4 is 16.2 Å². The first-order valence-corrected chi connectivity index (χ1v) is 6.98. The fourth-order valence-corrected chi connectivity index (χ4v) is 1.73. The smallest absolute Gasteiger partial charge is 0.327 e. The Morgan fingerprint density at radius 2 is 1.74 bits per heavy atom. The molecular weight excluding hydrogens is 298 g/mol. The van der Waals surface area contributed by atoms with Crippen molar-refractivity contribution in [1.82, 2.24) is 25.9 Å². The van der Waals surface area contributed by atoms with Crippen LogP contribution in [0.15, 0.2) is 42.7 Å². The maximum absolute atomic E-state index is 11.9. The van der Waals surface area contributed by atoms with E-state index in [1.54, 1.807) is 13.8 Å². The van der Waals surface area contributed by atoms with Crippen molar-refractivity contribution in [3.8, 4) is 5.69 Å². The van der Waals surface area contributed by atoms with Crippen LogP contribution in [0.2, 0.25) is 0 Å². The zero-order valence-corrected chi connectivity index (χ0v) is 12.7. The number of aromatic nitrogens is 2. The van der Waals surface area contributed by atoms with E-state index in [2.05, 4.69) is 15.8 Å². The SMILES string of the molecule is CC(C)NC(=O)C(=O)NNC(=O)c1cnn(-c2ccccc2)c1. The monoisotopic (exact) mass is 315 g/mol. The van der Waals surface area contributed by atoms with Crippen molar-refractivity contribution in [1.29, 1.82) is 0 Å². The van der Waals surface area contributed by atoms with Crippen molar-refractivity contribution in [2.24, 2.45) is 0 Å². The summed E-state index contributed by atoms with van der Waals surface area (Å²) in [7, 11) is 0. The van der Waals surface area contributed by atoms with E-state index in [0.717, 1.165) is 5.69 Å². The van der Waals surface area contributed by atoms with Gasteiger partial charge < -0.3 is 5.32 Å². The average Bonchev–Trinajstić information content (AvgIpc) is 3.02. The van der Waals surface area contributed by atoms with E-state index < -0.39 is 17.7 Å². The van der Waals surface area contributed by atoms with Crippen LogP contribution in [0.4, 0.5) is 0 Å². The molecule has 2 aromatic rings. The molecule has 0 spiro atoms. The highest BCUT2D eigenvalue weighted by molar-refractivity contribution is 6.35. The van der Waals surface area contributed by atoms with Gasteiger partial charge in [0.05, 0.1) is 17.4 Å². The minimum Gasteiger partial charge on any atom is -0.346 e. The van der Waals surface area contributed by atoms with Crippen molar-refractivity contribution in [2.45, 2.75) is 19.9 Å². The van der Waals surface area contributed by atoms with Gasteiger partial charge in [0.25, 0.3) is 5.91 Å². The van der Waals surface area contributed by atoms with Crippen LogP contribution >= 0.6 is 0 Å². The average molecular weight is 315 g/mol. The molecule has 8 heteroatoms. The van der Waals surface area contributed by atoms with Crippen LogP contribution in [0.3, 0.4) is 0 Å². The summed E-state index contributed by atoms with van der Waals surface area (Å²) in [6, 6.07) is 9.08. The molecule has 0 saturated heterocycles. The van der Waals surface area contributed by atoms with E-state index in [1.807, 2.05) is 35.8 Å². The zero-order valence-electron chi connectivity index (χ0n) is 12.7. The number of amides is 3. The van der Waals surface area contributed by atoms with Crippen molar-refractivity contribution in [2.75, 3.05) is 0 Å². The molecule has 0 unspecified atom stereocenters. The summed E-state index contributed by atoms with van der Waals surface area (Å²) in [6.45, 7) is 3.45. The Bertz CT molecular complexity index is 709. The van der Waals surface area contributed by atoms with E-state index in [1.165, 1.54) is 17.1 Å². The molecule has 0 aliphatic heterocycles. The summed E-state index contributed by atoms with van der Waals surface area (Å²) >= 11 is 0. The molecule has 0 fully saturated rings. The van der Waals surface area contributed by atoms with Gasteiger partial charge >= 0.3 is 11.8 Å². The standard InChI is InChI=1S/C15H17N5O3/c1-10(2)17-14(22)15(23)19-18-13(21)11-8-16-20(9-11)12-6-4-3-5-7-12/h3-10H,1-2H3,(H,17,22)(H,18,21)(H,19,23). The minimum absolute atomic E-state index is 0.173. The molecule has 120 valence electrons. The molecule has 3 amide bonds. The Morgan fingerprint density at radius 1 is 1.04 bits per heavy atom. The van der Waals surface area contributed by atoms with E-state index in [9.17, 15) is 14.4 Å². The third kappa shape index (κ3) is 4.40. The lowest BCUT2D eigenvalue weighted by Gasteiger charge is -2.09. The molecule has 0 aliphatic rings. The van der Waals surface area contributed by atoms with Crippen molar-refractivity contribution < 1.29 is 14.4 Å². The number of hydrogen-bond acceptors (Lipinski definition) is 4. The Kier molecular flexibility index (Phi) is 5.08. The third-order valence-electron chi connectivity index (χ3n) is 2.78. The topological polar surface area (TPSA) is 105 Å². The van der Waals surface area contributed by atoms with Crippen LogP contribution in [0, 0.1) is 0 Å². The molecule has 1 aromatic carbocycles. The first-order chi connectivity index (χ1) is 11.0. The molecule has 1 heterocycles. The first-order valence-electron chi connectivity index (χ1n) is 6.98. The third-order valence-corrected chi connectivity index (χ3v) is 2.78. The fraction of sp³-hybridized carbons (Fsp3) is 0.200. The van der Waals surface area contributed by atoms with Gasteiger partial charge in [-0.15, -0.1) is 0 Å². The lowest BCUT2D eigenvalue weighted by Crippen LogP contribution is -2.49. The second-order valence-electron chi connectivity index (χ2n) is 5.05. The molecular formula is C15H17N5O3. The van der Waals surface area contributed by atoms with Gasteiger partial charge in [-0.05, 0) is 26.0 Å². The largest absolute Gasteiger partial charge is 0.346 e. The molecule has 0 radical (unpaired) electrons. The molecule has 23 heavy (non-hydrogen) atoms. The molecule has 2 rings (SSSR count). The van der Waals surface area contributed by atoms with Crippen LogP contribution in [-0.2, 0) is 9.59 Å². The predicted molar refractivity (Wildman–Crippen MR) is 82.5 cm³/mol. The molecule has 8 nitrogen and oxygen atoms in total. The highest BCUT2D eigenvalue weighted by Gasteiger charge is 2.16. The van der Waals surface area contributed by atoms with E-state index in [0.29, 0.717) is 0 Å². The zero-order chi connectivity index (χ0) is 16.8. The van der Waals surface area contributed by atoms with Crippen LogP contribution in [0.25, 0.3) is 5.69 Å². The summed E-state index contributed by atoms with van der Waals surface area (Å²) in [6.07, 6.45) is 2.88. The number of nitrogens with zero attached hydrogens (tertiary/aromatic N) is 2. The van der Waals surface area contributed by atoms with Gasteiger partial charge in [0.15, 0.2) is 0 Å². The quantitative estimate of drug-likeness (QED) is 0.554. The normalized spacial score (nSPS) is 10.2. The second kappa shape index (κ2) is 7.21. The number of benzene rings is 1. The van der Waals surface area contributed by atoms with Gasteiger partial charge in [0, 0.05) is 12.2 Å². The van der Waals surface area contributed by atoms with Gasteiger partial charge in [-0.2, -0.15) is 5.10 Å². The fourth-order valence-electron chi connectivity index (χ4n) is 1.73. The number of carbonyl (C=O) groups is 3. The maximum atomic E-state index is 11.9. The Morgan fingerprint density at radius 3 is 2.39 bits per heavy atom. The van der Waals surface area contributed by atoms with Gasteiger partial charge in [0.2, 0.25) is 0 Å². The van der Waals surface area contributed by atoms with Crippen molar-refractivity contribution in [3.63, 3.8) is 0 Å². The Hall–Kier alpha value is -3.16. The number of para-hydroxylation sites is 1. The van der Waals surface area contributed by atoms with Gasteiger partial charge in [-0.3, -0.25) is 25.2 Å². The summed E-state index contributed by atoms with van der Waals surface area (Å²) in [4.78, 5) is 34.8. The first kappa shape index (κ1) is 16.2. The van der Waals surface area contributed by atoms with Crippen LogP contribution in [-0.4, -0.2) is 33.5 Å². The lowest BCUT2D eigenvalue weighted by molar-refractivity contribution is -0.139. The summed E-state index contributed by atoms with van der Waals surface area (Å²) in [5, 5.41) is 6.49. The Labute approximate surface area is 132 Å². The molecule has 3 N–H and O–H groups in total. The van der Waals surface area contributed by atoms with E-state index >= 15 is 0 Å².